The third kappa shape index (κ3) is 1.17. The molecule has 0 unspecified atom stereocenters. The monoisotopic (exact) mass is 208 g/mol. The van der Waals surface area contributed by atoms with E-state index in [-0.39, 0.29) is 5.28 Å². The second-order valence-corrected chi connectivity index (χ2v) is 2.88. The zero-order chi connectivity index (χ0) is 10.1. The van der Waals surface area contributed by atoms with Gasteiger partial charge in [0.15, 0.2) is 0 Å². The second-order valence-electron chi connectivity index (χ2n) is 2.54. The Morgan fingerprint density at radius 2 is 2.36 bits per heavy atom. The van der Waals surface area contributed by atoms with Gasteiger partial charge >= 0.3 is 0 Å². The average Bonchev–Trinajstić information content (AvgIpc) is 2.59. The summed E-state index contributed by atoms with van der Waals surface area (Å²) in [5.41, 5.74) is 1.47. The van der Waals surface area contributed by atoms with Crippen LogP contribution in [0.15, 0.2) is 6.20 Å². The number of hydrogen-bond acceptors (Lipinski definition) is 4. The van der Waals surface area contributed by atoms with Crippen LogP contribution < -0.4 is 4.74 Å². The van der Waals surface area contributed by atoms with Crippen molar-refractivity contribution >= 4 is 22.6 Å². The Balaban J connectivity index is 2.85. The number of rotatable bonds is 1. The lowest BCUT2D eigenvalue weighted by Gasteiger charge is -1.99. The first-order valence-corrected chi connectivity index (χ1v) is 4.12. The van der Waals surface area contributed by atoms with Crippen LogP contribution in [-0.4, -0.2) is 22.1 Å². The minimum absolute atomic E-state index is 0.0606. The summed E-state index contributed by atoms with van der Waals surface area (Å²) in [6.45, 7) is 0. The molecule has 0 aliphatic rings. The number of ether oxygens (including phenoxy) is 1. The lowest BCUT2D eigenvalue weighted by Crippen LogP contribution is -1.92. The number of nitrogens with one attached hydrogen (secondary N) is 1. The molecule has 2 aromatic heterocycles. The van der Waals surface area contributed by atoms with E-state index in [1.54, 1.807) is 0 Å². The minimum Gasteiger partial charge on any atom is -0.479 e. The van der Waals surface area contributed by atoms with Gasteiger partial charge in [-0.05, 0) is 11.6 Å². The molecule has 0 saturated heterocycles. The van der Waals surface area contributed by atoms with E-state index in [0.29, 0.717) is 22.5 Å². The molecule has 70 valence electrons. The molecule has 2 rings (SSSR count). The highest BCUT2D eigenvalue weighted by atomic mass is 35.5. The quantitative estimate of drug-likeness (QED) is 0.721. The minimum atomic E-state index is 0.0606. The van der Waals surface area contributed by atoms with Crippen LogP contribution >= 0.6 is 11.6 Å². The van der Waals surface area contributed by atoms with Crippen molar-refractivity contribution in [2.45, 2.75) is 0 Å². The Kier molecular flexibility index (Phi) is 1.98. The van der Waals surface area contributed by atoms with Crippen LogP contribution in [0.4, 0.5) is 0 Å². The zero-order valence-electron chi connectivity index (χ0n) is 7.21. The number of nitriles is 1. The fraction of sp³-hybridized carbons (Fsp3) is 0.125. The Morgan fingerprint density at radius 3 is 3.00 bits per heavy atom. The molecule has 0 saturated carbocycles. The summed E-state index contributed by atoms with van der Waals surface area (Å²) in [5, 5.41) is 8.83. The van der Waals surface area contributed by atoms with E-state index < -0.39 is 0 Å². The molecule has 1 N–H and O–H groups in total. The highest BCUT2D eigenvalue weighted by Gasteiger charge is 2.12. The van der Waals surface area contributed by atoms with Crippen LogP contribution in [-0.2, 0) is 0 Å². The summed E-state index contributed by atoms with van der Waals surface area (Å²) in [7, 11) is 1.48. The number of methoxy groups -OCH3 is 1. The molecule has 0 aromatic carbocycles. The number of aromatic amines is 1. The lowest BCUT2D eigenvalue weighted by atomic mass is 10.3. The summed E-state index contributed by atoms with van der Waals surface area (Å²) >= 11 is 5.66. The Labute approximate surface area is 84.3 Å². The van der Waals surface area contributed by atoms with Crippen LogP contribution in [0.2, 0.25) is 5.28 Å². The Hall–Kier alpha value is -1.80. The molecule has 6 heteroatoms. The van der Waals surface area contributed by atoms with Crippen LogP contribution in [0.5, 0.6) is 5.88 Å². The van der Waals surface area contributed by atoms with Gasteiger partial charge in [0, 0.05) is 6.20 Å². The van der Waals surface area contributed by atoms with Gasteiger partial charge in [-0.3, -0.25) is 0 Å². The summed E-state index contributed by atoms with van der Waals surface area (Å²) in [4.78, 5) is 10.6. The summed E-state index contributed by atoms with van der Waals surface area (Å²) in [5.74, 6) is 0.335. The third-order valence-electron chi connectivity index (χ3n) is 1.78. The van der Waals surface area contributed by atoms with E-state index in [9.17, 15) is 0 Å². The van der Waals surface area contributed by atoms with E-state index in [1.165, 1.54) is 13.3 Å². The van der Waals surface area contributed by atoms with Gasteiger partial charge in [-0.2, -0.15) is 10.2 Å². The molecule has 0 bridgehead atoms. The first-order valence-electron chi connectivity index (χ1n) is 3.75. The Bertz CT molecular complexity index is 528. The highest BCUT2D eigenvalue weighted by molar-refractivity contribution is 6.28. The normalized spacial score (nSPS) is 10.1. The highest BCUT2D eigenvalue weighted by Crippen LogP contribution is 2.24. The standard InChI is InChI=1S/C8H5ClN4O/c1-14-7-6-5(12-8(9)13-7)4(2-10)3-11-6/h3,11H,1H3. The fourth-order valence-corrected chi connectivity index (χ4v) is 1.35. The van der Waals surface area contributed by atoms with Gasteiger partial charge in [0.05, 0.1) is 12.7 Å². The van der Waals surface area contributed by atoms with Crippen LogP contribution in [0.1, 0.15) is 5.56 Å². The van der Waals surface area contributed by atoms with Crippen molar-refractivity contribution in [2.75, 3.05) is 7.11 Å². The zero-order valence-corrected chi connectivity index (χ0v) is 7.96. The molecule has 0 fully saturated rings. The maximum absolute atomic E-state index is 8.76. The van der Waals surface area contributed by atoms with Crippen LogP contribution in [0.25, 0.3) is 11.0 Å². The van der Waals surface area contributed by atoms with Crippen LogP contribution in [0, 0.1) is 11.3 Å². The first kappa shape index (κ1) is 8.78. The number of hydrogen-bond donors (Lipinski definition) is 1. The van der Waals surface area contributed by atoms with Crippen molar-refractivity contribution in [2.24, 2.45) is 0 Å². The maximum Gasteiger partial charge on any atom is 0.242 e. The van der Waals surface area contributed by atoms with Crippen molar-refractivity contribution in [3.8, 4) is 11.9 Å². The predicted octanol–water partition coefficient (Wildman–Crippen LogP) is 1.49. The topological polar surface area (TPSA) is 74.6 Å². The van der Waals surface area contributed by atoms with E-state index in [4.69, 9.17) is 21.6 Å². The third-order valence-corrected chi connectivity index (χ3v) is 1.95. The van der Waals surface area contributed by atoms with Crippen molar-refractivity contribution in [3.63, 3.8) is 0 Å². The average molecular weight is 209 g/mol. The number of halogens is 1. The van der Waals surface area contributed by atoms with E-state index in [0.717, 1.165) is 0 Å². The van der Waals surface area contributed by atoms with Gasteiger partial charge in [0.2, 0.25) is 11.2 Å². The summed E-state index contributed by atoms with van der Waals surface area (Å²) in [6, 6.07) is 1.99. The molecule has 0 aliphatic heterocycles. The number of H-pyrrole nitrogens is 1. The molecule has 5 nitrogen and oxygen atoms in total. The van der Waals surface area contributed by atoms with Gasteiger partial charge in [-0.15, -0.1) is 0 Å². The predicted molar refractivity (Wildman–Crippen MR) is 50.2 cm³/mol. The SMILES string of the molecule is COc1nc(Cl)nc2c(C#N)c[nH]c12. The maximum atomic E-state index is 8.76. The molecular weight excluding hydrogens is 204 g/mol. The van der Waals surface area contributed by atoms with E-state index >= 15 is 0 Å². The molecule has 14 heavy (non-hydrogen) atoms. The smallest absolute Gasteiger partial charge is 0.242 e. The van der Waals surface area contributed by atoms with Gasteiger partial charge in [-0.1, -0.05) is 0 Å². The number of nitrogens with zero attached hydrogens (tertiary/aromatic N) is 3. The van der Waals surface area contributed by atoms with E-state index in [2.05, 4.69) is 15.0 Å². The fourth-order valence-electron chi connectivity index (χ4n) is 1.18. The van der Waals surface area contributed by atoms with E-state index in [1.807, 2.05) is 6.07 Å². The van der Waals surface area contributed by atoms with Crippen molar-refractivity contribution in [3.05, 3.63) is 17.0 Å². The molecule has 0 atom stereocenters. The van der Waals surface area contributed by atoms with Crippen molar-refractivity contribution in [1.82, 2.24) is 15.0 Å². The molecular formula is C8H5ClN4O. The largest absolute Gasteiger partial charge is 0.479 e. The van der Waals surface area contributed by atoms with Crippen LogP contribution in [0.3, 0.4) is 0 Å². The molecule has 0 radical (unpaired) electrons. The molecule has 2 heterocycles. The van der Waals surface area contributed by atoms with Gasteiger partial charge in [0.1, 0.15) is 17.1 Å². The summed E-state index contributed by atoms with van der Waals surface area (Å²) in [6.07, 6.45) is 1.54. The van der Waals surface area contributed by atoms with Gasteiger partial charge in [-0.25, -0.2) is 4.98 Å². The van der Waals surface area contributed by atoms with Gasteiger partial charge < -0.3 is 9.72 Å². The number of aromatic nitrogens is 3. The second kappa shape index (κ2) is 3.16. The summed E-state index contributed by atoms with van der Waals surface area (Å²) < 4.78 is 4.99. The number of fused-ring (bicyclic) bond motifs is 1. The lowest BCUT2D eigenvalue weighted by molar-refractivity contribution is 0.402. The molecule has 2 aromatic rings. The van der Waals surface area contributed by atoms with Crippen molar-refractivity contribution in [1.29, 1.82) is 5.26 Å². The molecule has 0 aliphatic carbocycles. The van der Waals surface area contributed by atoms with Crippen molar-refractivity contribution < 1.29 is 4.74 Å². The molecule has 0 amide bonds. The van der Waals surface area contributed by atoms with Gasteiger partial charge in [0.25, 0.3) is 0 Å². The Morgan fingerprint density at radius 1 is 1.57 bits per heavy atom. The first-order chi connectivity index (χ1) is 6.76. The molecule has 0 spiro atoms.